The maximum absolute atomic E-state index is 11.7. The smallest absolute Gasteiger partial charge is 0.262 e. The highest BCUT2D eigenvalue weighted by molar-refractivity contribution is 7.89. The van der Waals surface area contributed by atoms with Crippen LogP contribution in [-0.2, 0) is 17.1 Å². The van der Waals surface area contributed by atoms with Crippen LogP contribution in [0.25, 0.3) is 0 Å². The molecular formula is C7H11N3O2S. The number of aromatic nitrogens is 2. The van der Waals surface area contributed by atoms with E-state index in [4.69, 9.17) is 0 Å². The van der Waals surface area contributed by atoms with E-state index in [-0.39, 0.29) is 5.03 Å². The van der Waals surface area contributed by atoms with E-state index in [0.717, 1.165) is 6.42 Å². The summed E-state index contributed by atoms with van der Waals surface area (Å²) in [4.78, 5) is 3.82. The van der Waals surface area contributed by atoms with Crippen molar-refractivity contribution in [3.8, 4) is 0 Å². The monoisotopic (exact) mass is 201 g/mol. The molecule has 1 aliphatic heterocycles. The van der Waals surface area contributed by atoms with E-state index >= 15 is 0 Å². The predicted molar refractivity (Wildman–Crippen MR) is 46.6 cm³/mol. The maximum atomic E-state index is 11.7. The van der Waals surface area contributed by atoms with Crippen molar-refractivity contribution < 1.29 is 8.42 Å². The SMILES string of the molecule is Cn1cnc(S(=O)(=O)N2CCC2)c1. The molecule has 2 heterocycles. The first-order valence-electron chi connectivity index (χ1n) is 4.09. The van der Waals surface area contributed by atoms with Gasteiger partial charge in [-0.3, -0.25) is 0 Å². The second-order valence-corrected chi connectivity index (χ2v) is 5.02. The fourth-order valence-corrected chi connectivity index (χ4v) is 2.67. The Hall–Kier alpha value is -0.880. The van der Waals surface area contributed by atoms with Crippen molar-refractivity contribution in [2.24, 2.45) is 7.05 Å². The van der Waals surface area contributed by atoms with Crippen molar-refractivity contribution in [1.29, 1.82) is 0 Å². The highest BCUT2D eigenvalue weighted by Crippen LogP contribution is 2.18. The first-order chi connectivity index (χ1) is 6.10. The van der Waals surface area contributed by atoms with Gasteiger partial charge in [0.15, 0.2) is 5.03 Å². The van der Waals surface area contributed by atoms with Gasteiger partial charge >= 0.3 is 0 Å². The molecule has 0 amide bonds. The van der Waals surface area contributed by atoms with E-state index in [1.807, 2.05) is 0 Å². The van der Waals surface area contributed by atoms with Crippen LogP contribution in [0, 0.1) is 0 Å². The van der Waals surface area contributed by atoms with Crippen molar-refractivity contribution in [3.63, 3.8) is 0 Å². The molecule has 72 valence electrons. The molecule has 0 aromatic carbocycles. The van der Waals surface area contributed by atoms with Crippen molar-refractivity contribution in [2.45, 2.75) is 11.4 Å². The zero-order chi connectivity index (χ0) is 9.47. The Labute approximate surface area is 77.0 Å². The van der Waals surface area contributed by atoms with Crippen LogP contribution in [0.2, 0.25) is 0 Å². The van der Waals surface area contributed by atoms with Gasteiger partial charge in [-0.15, -0.1) is 0 Å². The molecule has 1 saturated heterocycles. The van der Waals surface area contributed by atoms with Crippen LogP contribution in [0.1, 0.15) is 6.42 Å². The lowest BCUT2D eigenvalue weighted by molar-refractivity contribution is 0.308. The van der Waals surface area contributed by atoms with Crippen molar-refractivity contribution >= 4 is 10.0 Å². The molecule has 0 radical (unpaired) electrons. The lowest BCUT2D eigenvalue weighted by Gasteiger charge is -2.28. The van der Waals surface area contributed by atoms with Crippen molar-refractivity contribution in [1.82, 2.24) is 13.9 Å². The molecule has 2 rings (SSSR count). The normalized spacial score (nSPS) is 18.5. The molecule has 0 bridgehead atoms. The van der Waals surface area contributed by atoms with Gasteiger partial charge in [0.25, 0.3) is 10.0 Å². The van der Waals surface area contributed by atoms with Gasteiger partial charge in [-0.2, -0.15) is 4.31 Å². The Morgan fingerprint density at radius 2 is 2.15 bits per heavy atom. The summed E-state index contributed by atoms with van der Waals surface area (Å²) in [7, 11) is -1.53. The minimum absolute atomic E-state index is 0.148. The Kier molecular flexibility index (Phi) is 1.88. The third-order valence-electron chi connectivity index (χ3n) is 2.10. The molecule has 1 aromatic rings. The number of hydrogen-bond donors (Lipinski definition) is 0. The summed E-state index contributed by atoms with van der Waals surface area (Å²) in [5.74, 6) is 0. The average molecular weight is 201 g/mol. The van der Waals surface area contributed by atoms with E-state index in [1.165, 1.54) is 16.8 Å². The van der Waals surface area contributed by atoms with Crippen molar-refractivity contribution in [3.05, 3.63) is 12.5 Å². The maximum Gasteiger partial charge on any atom is 0.262 e. The predicted octanol–water partition coefficient (Wildman–Crippen LogP) is -0.186. The van der Waals surface area contributed by atoms with Gasteiger partial charge in [-0.1, -0.05) is 0 Å². The third kappa shape index (κ3) is 1.36. The number of aryl methyl sites for hydroxylation is 1. The first-order valence-corrected chi connectivity index (χ1v) is 5.53. The molecule has 13 heavy (non-hydrogen) atoms. The third-order valence-corrected chi connectivity index (χ3v) is 3.88. The second kappa shape index (κ2) is 2.81. The van der Waals surface area contributed by atoms with E-state index in [1.54, 1.807) is 11.6 Å². The Morgan fingerprint density at radius 1 is 1.46 bits per heavy atom. The lowest BCUT2D eigenvalue weighted by atomic mass is 10.3. The van der Waals surface area contributed by atoms with E-state index in [2.05, 4.69) is 4.98 Å². The molecule has 0 atom stereocenters. The standard InChI is InChI=1S/C7H11N3O2S/c1-9-5-7(8-6-9)13(11,12)10-3-2-4-10/h5-6H,2-4H2,1H3. The summed E-state index contributed by atoms with van der Waals surface area (Å²) in [6.07, 6.45) is 3.96. The zero-order valence-electron chi connectivity index (χ0n) is 7.34. The van der Waals surface area contributed by atoms with Crippen LogP contribution in [0.15, 0.2) is 17.6 Å². The molecule has 0 spiro atoms. The van der Waals surface area contributed by atoms with Gasteiger partial charge in [0, 0.05) is 26.3 Å². The molecule has 6 heteroatoms. The number of nitrogens with zero attached hydrogens (tertiary/aromatic N) is 3. The largest absolute Gasteiger partial charge is 0.339 e. The molecule has 1 fully saturated rings. The topological polar surface area (TPSA) is 55.2 Å². The van der Waals surface area contributed by atoms with E-state index in [0.29, 0.717) is 13.1 Å². The number of imidazole rings is 1. The Bertz CT molecular complexity index is 405. The van der Waals surface area contributed by atoms with Gasteiger partial charge in [-0.05, 0) is 6.42 Å². The molecule has 0 N–H and O–H groups in total. The molecule has 5 nitrogen and oxygen atoms in total. The van der Waals surface area contributed by atoms with Crippen LogP contribution in [0.5, 0.6) is 0 Å². The molecular weight excluding hydrogens is 190 g/mol. The molecule has 0 saturated carbocycles. The summed E-state index contributed by atoms with van der Waals surface area (Å²) < 4.78 is 26.4. The van der Waals surface area contributed by atoms with Crippen LogP contribution in [0.3, 0.4) is 0 Å². The fraction of sp³-hybridized carbons (Fsp3) is 0.571. The highest BCUT2D eigenvalue weighted by atomic mass is 32.2. The zero-order valence-corrected chi connectivity index (χ0v) is 8.16. The summed E-state index contributed by atoms with van der Waals surface area (Å²) in [5, 5.41) is 0.148. The Balaban J connectivity index is 2.34. The van der Waals surface area contributed by atoms with Crippen molar-refractivity contribution in [2.75, 3.05) is 13.1 Å². The second-order valence-electron chi connectivity index (χ2n) is 3.14. The molecule has 0 aliphatic carbocycles. The van der Waals surface area contributed by atoms with E-state index < -0.39 is 10.0 Å². The highest BCUT2D eigenvalue weighted by Gasteiger charge is 2.30. The molecule has 1 aromatic heterocycles. The minimum Gasteiger partial charge on any atom is -0.339 e. The van der Waals surface area contributed by atoms with Gasteiger partial charge in [0.1, 0.15) is 0 Å². The van der Waals surface area contributed by atoms with Gasteiger partial charge in [0.05, 0.1) is 6.33 Å². The summed E-state index contributed by atoms with van der Waals surface area (Å²) in [6, 6.07) is 0. The average Bonchev–Trinajstić information content (AvgIpc) is 2.30. The number of hydrogen-bond acceptors (Lipinski definition) is 3. The van der Waals surface area contributed by atoms with Gasteiger partial charge in [-0.25, -0.2) is 13.4 Å². The van der Waals surface area contributed by atoms with Crippen LogP contribution < -0.4 is 0 Å². The van der Waals surface area contributed by atoms with Gasteiger partial charge < -0.3 is 4.57 Å². The van der Waals surface area contributed by atoms with Crippen LogP contribution in [0.4, 0.5) is 0 Å². The summed E-state index contributed by atoms with van der Waals surface area (Å²) in [6.45, 7) is 1.25. The lowest BCUT2D eigenvalue weighted by Crippen LogP contribution is -2.42. The fourth-order valence-electron chi connectivity index (χ4n) is 1.18. The quantitative estimate of drug-likeness (QED) is 0.666. The van der Waals surface area contributed by atoms with Crippen LogP contribution in [-0.4, -0.2) is 35.4 Å². The van der Waals surface area contributed by atoms with E-state index in [9.17, 15) is 8.42 Å². The number of sulfonamides is 1. The first kappa shape index (κ1) is 8.71. The summed E-state index contributed by atoms with van der Waals surface area (Å²) >= 11 is 0. The molecule has 1 aliphatic rings. The Morgan fingerprint density at radius 3 is 2.54 bits per heavy atom. The molecule has 0 unspecified atom stereocenters. The number of rotatable bonds is 2. The summed E-state index contributed by atoms with van der Waals surface area (Å²) in [5.41, 5.74) is 0. The minimum atomic E-state index is -3.28. The van der Waals surface area contributed by atoms with Gasteiger partial charge in [0.2, 0.25) is 0 Å². The van der Waals surface area contributed by atoms with Crippen LogP contribution >= 0.6 is 0 Å².